The number of nitrogens with two attached hydrogens (primary N) is 1. The van der Waals surface area contributed by atoms with Gasteiger partial charge >= 0.3 is 0 Å². The highest BCUT2D eigenvalue weighted by Gasteiger charge is 2.64. The molecule has 0 amide bonds. The lowest BCUT2D eigenvalue weighted by Gasteiger charge is -2.53. The van der Waals surface area contributed by atoms with Gasteiger partial charge in [0.15, 0.2) is 0 Å². The molecule has 3 rings (SSSR count). The van der Waals surface area contributed by atoms with Crippen LogP contribution in [0.15, 0.2) is 30.3 Å². The summed E-state index contributed by atoms with van der Waals surface area (Å²) in [5.74, 6) is 0.446. The largest absolute Gasteiger partial charge is 0.389 e. The Morgan fingerprint density at radius 1 is 1.22 bits per heavy atom. The van der Waals surface area contributed by atoms with Crippen molar-refractivity contribution in [3.05, 3.63) is 35.9 Å². The molecule has 0 radical (unpaired) electrons. The van der Waals surface area contributed by atoms with Crippen molar-refractivity contribution in [2.45, 2.75) is 63.0 Å². The topological polar surface area (TPSA) is 67.5 Å². The fraction of sp³-hybridized carbons (Fsp3) is 0.684. The Kier molecular flexibility index (Phi) is 4.53. The first-order valence-electron chi connectivity index (χ1n) is 8.80. The van der Waals surface area contributed by atoms with E-state index < -0.39 is 5.60 Å². The van der Waals surface area contributed by atoms with Crippen molar-refractivity contribution in [3.8, 4) is 0 Å². The van der Waals surface area contributed by atoms with Gasteiger partial charge in [0.1, 0.15) is 0 Å². The van der Waals surface area contributed by atoms with Crippen LogP contribution in [0.25, 0.3) is 0 Å². The molecule has 0 spiro atoms. The summed E-state index contributed by atoms with van der Waals surface area (Å²) in [5, 5.41) is 11.5. The quantitative estimate of drug-likeness (QED) is 0.577. The summed E-state index contributed by atoms with van der Waals surface area (Å²) >= 11 is 0. The molecule has 0 heterocycles. The van der Waals surface area contributed by atoms with Crippen LogP contribution >= 0.6 is 0 Å². The molecule has 2 fully saturated rings. The van der Waals surface area contributed by atoms with Crippen LogP contribution in [0.5, 0.6) is 0 Å². The average Bonchev–Trinajstić information content (AvgIpc) is 2.76. The first kappa shape index (κ1) is 16.9. The smallest absolute Gasteiger partial charge is 0.0804 e. The van der Waals surface area contributed by atoms with Crippen LogP contribution in [0.3, 0.4) is 0 Å². The van der Waals surface area contributed by atoms with Crippen molar-refractivity contribution in [3.63, 3.8) is 0 Å². The number of benzene rings is 1. The van der Waals surface area contributed by atoms with E-state index in [9.17, 15) is 5.11 Å². The molecule has 0 bridgehead atoms. The molecule has 0 aliphatic heterocycles. The number of aliphatic hydroxyl groups is 1. The molecule has 0 aromatic heterocycles. The lowest BCUT2D eigenvalue weighted by atomic mass is 9.57. The molecule has 1 aromatic carbocycles. The fourth-order valence-corrected chi connectivity index (χ4v) is 4.77. The van der Waals surface area contributed by atoms with E-state index in [4.69, 9.17) is 10.6 Å². The third kappa shape index (κ3) is 2.72. The highest BCUT2D eigenvalue weighted by Crippen LogP contribution is 2.62. The zero-order valence-electron chi connectivity index (χ0n) is 14.3. The maximum atomic E-state index is 11.5. The lowest BCUT2D eigenvalue weighted by Crippen LogP contribution is -2.61. The van der Waals surface area contributed by atoms with E-state index in [-0.39, 0.29) is 11.0 Å². The predicted molar refractivity (Wildman–Crippen MR) is 91.9 cm³/mol. The molecule has 4 atom stereocenters. The van der Waals surface area contributed by atoms with Crippen LogP contribution in [-0.2, 0) is 4.84 Å². The average molecular weight is 318 g/mol. The predicted octanol–water partition coefficient (Wildman–Crippen LogP) is 2.72. The van der Waals surface area contributed by atoms with Gasteiger partial charge in [-0.25, -0.2) is 0 Å². The highest BCUT2D eigenvalue weighted by atomic mass is 16.6. The first-order valence-corrected chi connectivity index (χ1v) is 8.80. The third-order valence-corrected chi connectivity index (χ3v) is 6.65. The molecule has 0 saturated heterocycles. The van der Waals surface area contributed by atoms with Crippen LogP contribution in [-0.4, -0.2) is 29.4 Å². The monoisotopic (exact) mass is 318 g/mol. The summed E-state index contributed by atoms with van der Waals surface area (Å²) in [7, 11) is 0. The van der Waals surface area contributed by atoms with Crippen LogP contribution in [0.1, 0.15) is 57.4 Å². The van der Waals surface area contributed by atoms with Gasteiger partial charge in [0.25, 0.3) is 0 Å². The van der Waals surface area contributed by atoms with Gasteiger partial charge in [-0.05, 0) is 50.5 Å². The van der Waals surface area contributed by atoms with Crippen LogP contribution in [0.2, 0.25) is 0 Å². The van der Waals surface area contributed by atoms with Crippen LogP contribution < -0.4 is 11.2 Å². The Bertz CT molecular complexity index is 537. The standard InChI is InChI=1S/C19H30N2O2/c1-17-9-8-16(15-6-4-3-5-7-15)14-19(17,22)11-10-18(17,2)21-23-13-12-20/h3-7,16,21-22H,8-14,20H2,1-2H3/t16-,17+,18-,19-/m0/s1. The highest BCUT2D eigenvalue weighted by molar-refractivity contribution is 5.25. The Hall–Kier alpha value is -0.940. The summed E-state index contributed by atoms with van der Waals surface area (Å²) in [6, 6.07) is 10.6. The van der Waals surface area contributed by atoms with Gasteiger partial charge in [0.05, 0.1) is 12.2 Å². The number of hydrogen-bond acceptors (Lipinski definition) is 4. The Morgan fingerprint density at radius 3 is 2.65 bits per heavy atom. The summed E-state index contributed by atoms with van der Waals surface area (Å²) in [5.41, 5.74) is 9.07. The lowest BCUT2D eigenvalue weighted by molar-refractivity contribution is -0.144. The van der Waals surface area contributed by atoms with Crippen LogP contribution in [0, 0.1) is 5.41 Å². The van der Waals surface area contributed by atoms with E-state index in [2.05, 4.69) is 49.7 Å². The Labute approximate surface area is 139 Å². The van der Waals surface area contributed by atoms with E-state index in [1.54, 1.807) is 0 Å². The molecular weight excluding hydrogens is 288 g/mol. The minimum atomic E-state index is -0.639. The van der Waals surface area contributed by atoms with E-state index in [1.165, 1.54) is 5.56 Å². The second-order valence-corrected chi connectivity index (χ2v) is 7.79. The van der Waals surface area contributed by atoms with E-state index >= 15 is 0 Å². The molecule has 4 nitrogen and oxygen atoms in total. The number of hydroxylamine groups is 1. The van der Waals surface area contributed by atoms with Gasteiger partial charge in [-0.2, -0.15) is 5.48 Å². The number of nitrogens with one attached hydrogen (secondary N) is 1. The summed E-state index contributed by atoms with van der Waals surface area (Å²) in [6.07, 6.45) is 4.69. The van der Waals surface area contributed by atoms with Crippen molar-refractivity contribution >= 4 is 0 Å². The molecule has 0 unspecified atom stereocenters. The SMILES string of the molecule is C[C@]12CC[C@H](c3ccccc3)C[C@@]1(O)CC[C@]2(C)NOCCN. The maximum Gasteiger partial charge on any atom is 0.0804 e. The molecule has 23 heavy (non-hydrogen) atoms. The van der Waals surface area contributed by atoms with Gasteiger partial charge in [-0.3, -0.25) is 4.84 Å². The molecule has 2 aliphatic carbocycles. The van der Waals surface area contributed by atoms with Crippen LogP contribution in [0.4, 0.5) is 0 Å². The zero-order chi connectivity index (χ0) is 16.6. The molecule has 4 N–H and O–H groups in total. The van der Waals surface area contributed by atoms with Crippen molar-refractivity contribution in [2.24, 2.45) is 11.1 Å². The Balaban J connectivity index is 1.78. The molecule has 2 aliphatic rings. The van der Waals surface area contributed by atoms with Gasteiger partial charge in [-0.15, -0.1) is 0 Å². The zero-order valence-corrected chi connectivity index (χ0v) is 14.3. The second-order valence-electron chi connectivity index (χ2n) is 7.79. The van der Waals surface area contributed by atoms with Gasteiger partial charge in [-0.1, -0.05) is 37.3 Å². The van der Waals surface area contributed by atoms with Crippen molar-refractivity contribution in [2.75, 3.05) is 13.2 Å². The number of fused-ring (bicyclic) bond motifs is 1. The third-order valence-electron chi connectivity index (χ3n) is 6.65. The molecule has 4 heteroatoms. The van der Waals surface area contributed by atoms with Crippen molar-refractivity contribution < 1.29 is 9.94 Å². The number of hydrogen-bond donors (Lipinski definition) is 3. The summed E-state index contributed by atoms with van der Waals surface area (Å²) in [4.78, 5) is 5.55. The normalized spacial score (nSPS) is 40.1. The first-order chi connectivity index (χ1) is 10.9. The molecule has 2 saturated carbocycles. The molecule has 1 aromatic rings. The Morgan fingerprint density at radius 2 is 1.96 bits per heavy atom. The minimum absolute atomic E-state index is 0.181. The summed E-state index contributed by atoms with van der Waals surface area (Å²) in [6.45, 7) is 5.40. The van der Waals surface area contributed by atoms with Crippen molar-refractivity contribution in [1.82, 2.24) is 5.48 Å². The van der Waals surface area contributed by atoms with Gasteiger partial charge in [0.2, 0.25) is 0 Å². The fourth-order valence-electron chi connectivity index (χ4n) is 4.77. The van der Waals surface area contributed by atoms with Gasteiger partial charge in [0, 0.05) is 17.5 Å². The summed E-state index contributed by atoms with van der Waals surface area (Å²) < 4.78 is 0. The van der Waals surface area contributed by atoms with E-state index in [0.29, 0.717) is 19.1 Å². The van der Waals surface area contributed by atoms with E-state index in [1.807, 2.05) is 0 Å². The second kappa shape index (κ2) is 6.17. The van der Waals surface area contributed by atoms with E-state index in [0.717, 1.165) is 32.1 Å². The molecular formula is C19H30N2O2. The maximum absolute atomic E-state index is 11.5. The van der Waals surface area contributed by atoms with Crippen molar-refractivity contribution in [1.29, 1.82) is 0 Å². The number of rotatable bonds is 5. The minimum Gasteiger partial charge on any atom is -0.389 e. The van der Waals surface area contributed by atoms with Gasteiger partial charge < -0.3 is 10.8 Å². The molecule has 128 valence electrons.